The van der Waals surface area contributed by atoms with Crippen molar-refractivity contribution in [3.63, 3.8) is 0 Å². The minimum Gasteiger partial charge on any atom is -0.497 e. The summed E-state index contributed by atoms with van der Waals surface area (Å²) >= 11 is 0. The van der Waals surface area contributed by atoms with E-state index in [-0.39, 0.29) is 19.1 Å². The van der Waals surface area contributed by atoms with Crippen LogP contribution < -0.4 is 14.8 Å². The quantitative estimate of drug-likeness (QED) is 0.520. The van der Waals surface area contributed by atoms with Crippen molar-refractivity contribution in [3.8, 4) is 22.9 Å². The van der Waals surface area contributed by atoms with Crippen LogP contribution in [0, 0.1) is 0 Å². The van der Waals surface area contributed by atoms with Crippen LogP contribution in [0.2, 0.25) is 0 Å². The van der Waals surface area contributed by atoms with Crippen molar-refractivity contribution in [2.45, 2.75) is 6.54 Å². The molecule has 29 heavy (non-hydrogen) atoms. The van der Waals surface area contributed by atoms with Gasteiger partial charge >= 0.3 is 0 Å². The summed E-state index contributed by atoms with van der Waals surface area (Å²) in [5, 5.41) is 8.82. The van der Waals surface area contributed by atoms with Gasteiger partial charge in [0, 0.05) is 5.56 Å². The van der Waals surface area contributed by atoms with Gasteiger partial charge in [-0.1, -0.05) is 47.6 Å². The Morgan fingerprint density at radius 1 is 1.00 bits per heavy atom. The van der Waals surface area contributed by atoms with Crippen molar-refractivity contribution >= 4 is 16.7 Å². The van der Waals surface area contributed by atoms with E-state index in [2.05, 4.69) is 15.5 Å². The highest BCUT2D eigenvalue weighted by atomic mass is 16.5. The molecule has 0 saturated carbocycles. The summed E-state index contributed by atoms with van der Waals surface area (Å²) in [7, 11) is 1.59. The molecule has 0 aliphatic carbocycles. The largest absolute Gasteiger partial charge is 0.497 e. The van der Waals surface area contributed by atoms with Gasteiger partial charge in [-0.2, -0.15) is 4.98 Å². The summed E-state index contributed by atoms with van der Waals surface area (Å²) < 4.78 is 16.0. The number of fused-ring (bicyclic) bond motifs is 1. The van der Waals surface area contributed by atoms with Gasteiger partial charge in [-0.3, -0.25) is 4.79 Å². The fraction of sp³-hybridized carbons (Fsp3) is 0.136. The molecular formula is C22H19N3O4. The van der Waals surface area contributed by atoms with Crippen molar-refractivity contribution in [1.29, 1.82) is 0 Å². The van der Waals surface area contributed by atoms with Crippen LogP contribution in [-0.4, -0.2) is 29.8 Å². The molecular weight excluding hydrogens is 370 g/mol. The molecule has 0 spiro atoms. The van der Waals surface area contributed by atoms with Crippen molar-refractivity contribution in [3.05, 3.63) is 72.6 Å². The summed E-state index contributed by atoms with van der Waals surface area (Å²) in [5.74, 6) is 1.80. The zero-order chi connectivity index (χ0) is 20.1. The van der Waals surface area contributed by atoms with Gasteiger partial charge in [-0.15, -0.1) is 0 Å². The molecule has 1 amide bonds. The molecule has 146 valence electrons. The average Bonchev–Trinajstić information content (AvgIpc) is 3.25. The maximum absolute atomic E-state index is 12.1. The Balaban J connectivity index is 1.31. The van der Waals surface area contributed by atoms with Crippen molar-refractivity contribution in [1.82, 2.24) is 15.5 Å². The summed E-state index contributed by atoms with van der Waals surface area (Å²) in [4.78, 5) is 16.4. The fourth-order valence-corrected chi connectivity index (χ4v) is 2.84. The zero-order valence-corrected chi connectivity index (χ0v) is 15.8. The first-order chi connectivity index (χ1) is 14.2. The molecule has 7 heteroatoms. The normalized spacial score (nSPS) is 10.7. The molecule has 0 radical (unpaired) electrons. The fourth-order valence-electron chi connectivity index (χ4n) is 2.84. The average molecular weight is 389 g/mol. The topological polar surface area (TPSA) is 86.5 Å². The molecule has 1 aromatic heterocycles. The SMILES string of the molecule is COc1cccc(-c2noc(CNC(=O)COc3ccc4ccccc4c3)n2)c1. The Bertz CT molecular complexity index is 1140. The number of hydrogen-bond acceptors (Lipinski definition) is 6. The first-order valence-corrected chi connectivity index (χ1v) is 9.06. The number of nitrogens with one attached hydrogen (secondary N) is 1. The number of carbonyl (C=O) groups is 1. The molecule has 0 saturated heterocycles. The lowest BCUT2D eigenvalue weighted by molar-refractivity contribution is -0.123. The summed E-state index contributed by atoms with van der Waals surface area (Å²) in [6, 6.07) is 21.0. The van der Waals surface area contributed by atoms with Crippen LogP contribution in [0.4, 0.5) is 0 Å². The minimum absolute atomic E-state index is 0.102. The van der Waals surface area contributed by atoms with Gasteiger partial charge in [-0.05, 0) is 35.0 Å². The molecule has 1 heterocycles. The summed E-state index contributed by atoms with van der Waals surface area (Å²) in [6.07, 6.45) is 0. The van der Waals surface area contributed by atoms with E-state index in [4.69, 9.17) is 14.0 Å². The predicted octanol–water partition coefficient (Wildman–Crippen LogP) is 3.59. The first kappa shape index (κ1) is 18.5. The lowest BCUT2D eigenvalue weighted by Crippen LogP contribution is -2.28. The maximum Gasteiger partial charge on any atom is 0.258 e. The van der Waals surface area contributed by atoms with Gasteiger partial charge in [0.05, 0.1) is 13.7 Å². The Morgan fingerprint density at radius 3 is 2.72 bits per heavy atom. The van der Waals surface area contributed by atoms with Gasteiger partial charge in [-0.25, -0.2) is 0 Å². The number of carbonyl (C=O) groups excluding carboxylic acids is 1. The Morgan fingerprint density at radius 2 is 1.86 bits per heavy atom. The third kappa shape index (κ3) is 4.52. The van der Waals surface area contributed by atoms with Crippen molar-refractivity contribution < 1.29 is 18.8 Å². The van der Waals surface area contributed by atoms with E-state index in [0.717, 1.165) is 16.3 Å². The van der Waals surface area contributed by atoms with Crippen LogP contribution in [0.1, 0.15) is 5.89 Å². The lowest BCUT2D eigenvalue weighted by atomic mass is 10.1. The molecule has 0 bridgehead atoms. The number of hydrogen-bond donors (Lipinski definition) is 1. The second kappa shape index (κ2) is 8.43. The third-order valence-electron chi connectivity index (χ3n) is 4.32. The monoisotopic (exact) mass is 389 g/mol. The van der Waals surface area contributed by atoms with E-state index in [9.17, 15) is 4.79 Å². The Labute approximate surface area is 167 Å². The second-order valence-corrected chi connectivity index (χ2v) is 6.32. The molecule has 4 rings (SSSR count). The van der Waals surface area contributed by atoms with Crippen molar-refractivity contribution in [2.75, 3.05) is 13.7 Å². The Kier molecular flexibility index (Phi) is 5.38. The van der Waals surface area contributed by atoms with E-state index in [1.54, 1.807) is 7.11 Å². The number of methoxy groups -OCH3 is 1. The van der Waals surface area contributed by atoms with E-state index >= 15 is 0 Å². The van der Waals surface area contributed by atoms with Gasteiger partial charge < -0.3 is 19.3 Å². The zero-order valence-electron chi connectivity index (χ0n) is 15.8. The second-order valence-electron chi connectivity index (χ2n) is 6.32. The van der Waals surface area contributed by atoms with Crippen molar-refractivity contribution in [2.24, 2.45) is 0 Å². The standard InChI is InChI=1S/C22H19N3O4/c1-27-18-8-4-7-17(12-18)22-24-21(29-25-22)13-23-20(26)14-28-19-10-9-15-5-2-3-6-16(15)11-19/h2-12H,13-14H2,1H3,(H,23,26). The highest BCUT2D eigenvalue weighted by Gasteiger charge is 2.11. The van der Waals surface area contributed by atoms with E-state index in [0.29, 0.717) is 23.2 Å². The van der Waals surface area contributed by atoms with Crippen LogP contribution in [0.15, 0.2) is 71.3 Å². The molecule has 7 nitrogen and oxygen atoms in total. The molecule has 0 unspecified atom stereocenters. The molecule has 0 fully saturated rings. The Hall–Kier alpha value is -3.87. The highest BCUT2D eigenvalue weighted by molar-refractivity contribution is 5.84. The third-order valence-corrected chi connectivity index (χ3v) is 4.32. The number of rotatable bonds is 7. The molecule has 0 atom stereocenters. The van der Waals surface area contributed by atoms with Gasteiger partial charge in [0.15, 0.2) is 6.61 Å². The number of ether oxygens (including phenoxy) is 2. The van der Waals surface area contributed by atoms with E-state index in [1.165, 1.54) is 0 Å². The van der Waals surface area contributed by atoms with Gasteiger partial charge in [0.2, 0.25) is 11.7 Å². The molecule has 0 aliphatic rings. The predicted molar refractivity (Wildman–Crippen MR) is 108 cm³/mol. The molecule has 4 aromatic rings. The van der Waals surface area contributed by atoms with Crippen LogP contribution in [0.5, 0.6) is 11.5 Å². The highest BCUT2D eigenvalue weighted by Crippen LogP contribution is 2.22. The molecule has 1 N–H and O–H groups in total. The summed E-state index contributed by atoms with van der Waals surface area (Å²) in [6.45, 7) is 0.0199. The molecule has 0 aliphatic heterocycles. The minimum atomic E-state index is -0.278. The van der Waals surface area contributed by atoms with Gasteiger partial charge in [0.25, 0.3) is 5.91 Å². The van der Waals surface area contributed by atoms with E-state index < -0.39 is 0 Å². The lowest BCUT2D eigenvalue weighted by Gasteiger charge is -2.07. The van der Waals surface area contributed by atoms with Crippen LogP contribution in [0.25, 0.3) is 22.2 Å². The van der Waals surface area contributed by atoms with Crippen LogP contribution in [0.3, 0.4) is 0 Å². The van der Waals surface area contributed by atoms with Crippen LogP contribution >= 0.6 is 0 Å². The van der Waals surface area contributed by atoms with Crippen LogP contribution in [-0.2, 0) is 11.3 Å². The number of aromatic nitrogens is 2. The first-order valence-electron chi connectivity index (χ1n) is 9.06. The van der Waals surface area contributed by atoms with Gasteiger partial charge in [0.1, 0.15) is 11.5 Å². The number of nitrogens with zero attached hydrogens (tertiary/aromatic N) is 2. The number of amides is 1. The maximum atomic E-state index is 12.1. The summed E-state index contributed by atoms with van der Waals surface area (Å²) in [5.41, 5.74) is 0.769. The number of benzene rings is 3. The molecule has 3 aromatic carbocycles. The van der Waals surface area contributed by atoms with E-state index in [1.807, 2.05) is 66.7 Å². The smallest absolute Gasteiger partial charge is 0.258 e.